The summed E-state index contributed by atoms with van der Waals surface area (Å²) >= 11 is 2.01. The van der Waals surface area contributed by atoms with Gasteiger partial charge in [-0.15, -0.1) is 11.3 Å². The molecule has 0 fully saturated rings. The number of hydrogen-bond donors (Lipinski definition) is 0. The highest BCUT2D eigenvalue weighted by Gasteiger charge is 2.11. The van der Waals surface area contributed by atoms with Crippen LogP contribution in [0.1, 0.15) is 101 Å². The Hall–Kier alpha value is -0.300. The van der Waals surface area contributed by atoms with E-state index in [4.69, 9.17) is 0 Å². The lowest BCUT2D eigenvalue weighted by Crippen LogP contribution is -2.04. The summed E-state index contributed by atoms with van der Waals surface area (Å²) in [7, 11) is 0. The number of aryl methyl sites for hydroxylation is 1. The van der Waals surface area contributed by atoms with E-state index in [-0.39, 0.29) is 0 Å². The predicted octanol–water partition coefficient (Wildman–Crippen LogP) is 7.94. The van der Waals surface area contributed by atoms with Gasteiger partial charge >= 0.3 is 0 Å². The van der Waals surface area contributed by atoms with Gasteiger partial charge in [-0.2, -0.15) is 0 Å². The van der Waals surface area contributed by atoms with E-state index < -0.39 is 0 Å². The molecular weight excluding hydrogens is 284 g/mol. The summed E-state index contributed by atoms with van der Waals surface area (Å²) in [5.41, 5.74) is 0. The van der Waals surface area contributed by atoms with E-state index in [0.29, 0.717) is 0 Å². The summed E-state index contributed by atoms with van der Waals surface area (Å²) in [6.07, 6.45) is 18.5. The normalized spacial score (nSPS) is 12.7. The van der Waals surface area contributed by atoms with Crippen molar-refractivity contribution in [1.82, 2.24) is 0 Å². The zero-order valence-electron chi connectivity index (χ0n) is 15.3. The van der Waals surface area contributed by atoms with Gasteiger partial charge in [0.2, 0.25) is 0 Å². The Balaban J connectivity index is 2.27. The highest BCUT2D eigenvalue weighted by molar-refractivity contribution is 7.11. The molecule has 0 aromatic carbocycles. The standard InChI is InChI=1S/C21H38S/c1-4-6-8-10-11-13-15-20(14-12-9-7-5-2)18-21-17-16-19(3)22-21/h16-17,20H,4-15,18H2,1-3H3. The first kappa shape index (κ1) is 19.7. The lowest BCUT2D eigenvalue weighted by molar-refractivity contribution is 0.404. The van der Waals surface area contributed by atoms with E-state index in [1.54, 1.807) is 4.88 Å². The minimum atomic E-state index is 0.932. The molecule has 0 aliphatic rings. The second kappa shape index (κ2) is 13.2. The molecule has 0 amide bonds. The van der Waals surface area contributed by atoms with Crippen molar-refractivity contribution in [3.63, 3.8) is 0 Å². The van der Waals surface area contributed by atoms with Crippen LogP contribution in [-0.2, 0) is 6.42 Å². The van der Waals surface area contributed by atoms with E-state index in [1.807, 2.05) is 11.3 Å². The molecule has 1 aromatic rings. The molecule has 0 bridgehead atoms. The second-order valence-electron chi connectivity index (χ2n) is 6.99. The molecule has 0 radical (unpaired) electrons. The van der Waals surface area contributed by atoms with Crippen molar-refractivity contribution in [2.75, 3.05) is 0 Å². The molecule has 1 atom stereocenters. The average molecular weight is 323 g/mol. The molecule has 0 spiro atoms. The van der Waals surface area contributed by atoms with Gasteiger partial charge in [-0.3, -0.25) is 0 Å². The Labute approximate surface area is 143 Å². The number of hydrogen-bond acceptors (Lipinski definition) is 1. The molecule has 1 rings (SSSR count). The van der Waals surface area contributed by atoms with E-state index in [1.165, 1.54) is 88.3 Å². The first-order valence-corrected chi connectivity index (χ1v) is 10.6. The van der Waals surface area contributed by atoms with Crippen LogP contribution in [0.2, 0.25) is 0 Å². The summed E-state index contributed by atoms with van der Waals surface area (Å²) in [4.78, 5) is 3.09. The quantitative estimate of drug-likeness (QED) is 0.305. The molecule has 1 unspecified atom stereocenters. The first-order chi connectivity index (χ1) is 10.8. The molecule has 0 nitrogen and oxygen atoms in total. The second-order valence-corrected chi connectivity index (χ2v) is 8.36. The van der Waals surface area contributed by atoms with Gasteiger partial charge in [-0.05, 0) is 31.4 Å². The monoisotopic (exact) mass is 322 g/mol. The fourth-order valence-corrected chi connectivity index (χ4v) is 4.31. The summed E-state index contributed by atoms with van der Waals surface area (Å²) < 4.78 is 0. The maximum atomic E-state index is 2.36. The van der Waals surface area contributed by atoms with Crippen molar-refractivity contribution in [3.05, 3.63) is 21.9 Å². The van der Waals surface area contributed by atoms with Crippen LogP contribution in [0.3, 0.4) is 0 Å². The van der Waals surface area contributed by atoms with Gasteiger partial charge in [0.1, 0.15) is 0 Å². The van der Waals surface area contributed by atoms with Gasteiger partial charge in [0, 0.05) is 9.75 Å². The molecule has 128 valence electrons. The third kappa shape index (κ3) is 9.66. The summed E-state index contributed by atoms with van der Waals surface area (Å²) in [5.74, 6) is 0.932. The molecule has 1 heteroatoms. The smallest absolute Gasteiger partial charge is 0.00508 e. The minimum absolute atomic E-state index is 0.932. The van der Waals surface area contributed by atoms with Gasteiger partial charge in [-0.1, -0.05) is 90.9 Å². The van der Waals surface area contributed by atoms with Gasteiger partial charge < -0.3 is 0 Å². The van der Waals surface area contributed by atoms with Crippen LogP contribution in [0.4, 0.5) is 0 Å². The predicted molar refractivity (Wildman–Crippen MR) is 103 cm³/mol. The van der Waals surface area contributed by atoms with Crippen LogP contribution < -0.4 is 0 Å². The molecule has 1 heterocycles. The molecule has 0 aliphatic carbocycles. The Bertz CT molecular complexity index is 353. The number of thiophene rings is 1. The number of unbranched alkanes of at least 4 members (excludes halogenated alkanes) is 8. The first-order valence-electron chi connectivity index (χ1n) is 9.81. The Morgan fingerprint density at radius 1 is 0.773 bits per heavy atom. The van der Waals surface area contributed by atoms with Crippen LogP contribution in [0.15, 0.2) is 12.1 Å². The minimum Gasteiger partial charge on any atom is -0.146 e. The Kier molecular flexibility index (Phi) is 11.8. The van der Waals surface area contributed by atoms with Crippen molar-refractivity contribution in [2.45, 2.75) is 104 Å². The third-order valence-electron chi connectivity index (χ3n) is 4.72. The summed E-state index contributed by atoms with van der Waals surface area (Å²) in [5, 5.41) is 0. The van der Waals surface area contributed by atoms with Crippen LogP contribution >= 0.6 is 11.3 Å². The molecule has 0 saturated heterocycles. The lowest BCUT2D eigenvalue weighted by atomic mass is 9.91. The van der Waals surface area contributed by atoms with Gasteiger partial charge in [-0.25, -0.2) is 0 Å². The Morgan fingerprint density at radius 3 is 1.86 bits per heavy atom. The fourth-order valence-electron chi connectivity index (χ4n) is 3.30. The van der Waals surface area contributed by atoms with Crippen LogP contribution in [0.5, 0.6) is 0 Å². The highest BCUT2D eigenvalue weighted by Crippen LogP contribution is 2.26. The van der Waals surface area contributed by atoms with E-state index in [9.17, 15) is 0 Å². The Morgan fingerprint density at radius 2 is 1.32 bits per heavy atom. The molecule has 0 aliphatic heterocycles. The maximum absolute atomic E-state index is 2.36. The highest BCUT2D eigenvalue weighted by atomic mass is 32.1. The van der Waals surface area contributed by atoms with Crippen LogP contribution in [0, 0.1) is 12.8 Å². The van der Waals surface area contributed by atoms with Gasteiger partial charge in [0.25, 0.3) is 0 Å². The van der Waals surface area contributed by atoms with E-state index in [2.05, 4.69) is 32.9 Å². The summed E-state index contributed by atoms with van der Waals surface area (Å²) in [6.45, 7) is 6.84. The number of rotatable bonds is 14. The van der Waals surface area contributed by atoms with Crippen LogP contribution in [-0.4, -0.2) is 0 Å². The largest absolute Gasteiger partial charge is 0.146 e. The van der Waals surface area contributed by atoms with Crippen molar-refractivity contribution in [2.24, 2.45) is 5.92 Å². The lowest BCUT2D eigenvalue weighted by Gasteiger charge is -2.16. The van der Waals surface area contributed by atoms with Crippen molar-refractivity contribution in [3.8, 4) is 0 Å². The topological polar surface area (TPSA) is 0 Å². The molecule has 0 saturated carbocycles. The van der Waals surface area contributed by atoms with E-state index in [0.717, 1.165) is 5.92 Å². The fraction of sp³-hybridized carbons (Fsp3) is 0.810. The maximum Gasteiger partial charge on any atom is 0.00508 e. The van der Waals surface area contributed by atoms with Crippen molar-refractivity contribution >= 4 is 11.3 Å². The zero-order chi connectivity index (χ0) is 16.0. The summed E-state index contributed by atoms with van der Waals surface area (Å²) in [6, 6.07) is 4.65. The van der Waals surface area contributed by atoms with Crippen LogP contribution in [0.25, 0.3) is 0 Å². The zero-order valence-corrected chi connectivity index (χ0v) is 16.1. The van der Waals surface area contributed by atoms with Gasteiger partial charge in [0.05, 0.1) is 0 Å². The van der Waals surface area contributed by atoms with E-state index >= 15 is 0 Å². The molecule has 0 N–H and O–H groups in total. The SMILES string of the molecule is CCCCCCCCC(CCCCCC)Cc1ccc(C)s1. The molecule has 22 heavy (non-hydrogen) atoms. The van der Waals surface area contributed by atoms with Crippen molar-refractivity contribution in [1.29, 1.82) is 0 Å². The molecule has 1 aromatic heterocycles. The average Bonchev–Trinajstić information content (AvgIpc) is 2.92. The molecular formula is C21H38S. The third-order valence-corrected chi connectivity index (χ3v) is 5.74. The van der Waals surface area contributed by atoms with Crippen molar-refractivity contribution < 1.29 is 0 Å². The van der Waals surface area contributed by atoms with Gasteiger partial charge in [0.15, 0.2) is 0 Å².